The SMILES string of the molecule is CC1COc2ccc(C(N)C(C)C3CC3)cc2OC1. The zero-order valence-corrected chi connectivity index (χ0v) is 11.8. The van der Waals surface area contributed by atoms with Gasteiger partial charge in [0.25, 0.3) is 0 Å². The molecule has 0 aromatic heterocycles. The molecule has 0 radical (unpaired) electrons. The number of fused-ring (bicyclic) bond motifs is 1. The molecule has 1 fully saturated rings. The van der Waals surface area contributed by atoms with Gasteiger partial charge < -0.3 is 15.2 Å². The van der Waals surface area contributed by atoms with Gasteiger partial charge in [-0.25, -0.2) is 0 Å². The van der Waals surface area contributed by atoms with Crippen LogP contribution in [0, 0.1) is 17.8 Å². The molecular formula is C16H23NO2. The van der Waals surface area contributed by atoms with Crippen LogP contribution in [-0.2, 0) is 0 Å². The molecule has 1 heterocycles. The Morgan fingerprint density at radius 2 is 1.84 bits per heavy atom. The molecule has 3 nitrogen and oxygen atoms in total. The molecule has 0 saturated heterocycles. The third kappa shape index (κ3) is 2.71. The molecule has 104 valence electrons. The number of benzene rings is 1. The molecule has 0 bridgehead atoms. The van der Waals surface area contributed by atoms with Crippen LogP contribution in [0.1, 0.15) is 38.3 Å². The first-order valence-electron chi connectivity index (χ1n) is 7.30. The predicted molar refractivity (Wildman–Crippen MR) is 75.4 cm³/mol. The van der Waals surface area contributed by atoms with E-state index in [2.05, 4.69) is 26.0 Å². The van der Waals surface area contributed by atoms with Crippen LogP contribution in [0.25, 0.3) is 0 Å². The van der Waals surface area contributed by atoms with Gasteiger partial charge in [0.1, 0.15) is 0 Å². The highest BCUT2D eigenvalue weighted by molar-refractivity contribution is 5.44. The zero-order chi connectivity index (χ0) is 13.4. The van der Waals surface area contributed by atoms with Crippen LogP contribution in [-0.4, -0.2) is 13.2 Å². The number of rotatable bonds is 3. The van der Waals surface area contributed by atoms with Crippen molar-refractivity contribution in [1.82, 2.24) is 0 Å². The van der Waals surface area contributed by atoms with E-state index in [-0.39, 0.29) is 6.04 Å². The summed E-state index contributed by atoms with van der Waals surface area (Å²) in [7, 11) is 0. The molecule has 2 aliphatic rings. The standard InChI is InChI=1S/C16H23NO2/c1-10-8-18-14-6-5-13(7-15(14)19-9-10)16(17)11(2)12-3-4-12/h5-7,10-12,16H,3-4,8-9,17H2,1-2H3. The molecule has 2 N–H and O–H groups in total. The zero-order valence-electron chi connectivity index (χ0n) is 11.8. The first kappa shape index (κ1) is 12.8. The van der Waals surface area contributed by atoms with Crippen LogP contribution in [0.4, 0.5) is 0 Å². The van der Waals surface area contributed by atoms with Crippen molar-refractivity contribution in [2.75, 3.05) is 13.2 Å². The Bertz CT molecular complexity index is 456. The van der Waals surface area contributed by atoms with Gasteiger partial charge in [0, 0.05) is 12.0 Å². The highest BCUT2D eigenvalue weighted by atomic mass is 16.5. The summed E-state index contributed by atoms with van der Waals surface area (Å²) < 4.78 is 11.6. The number of hydrogen-bond acceptors (Lipinski definition) is 3. The quantitative estimate of drug-likeness (QED) is 0.909. The Morgan fingerprint density at radius 1 is 1.16 bits per heavy atom. The highest BCUT2D eigenvalue weighted by Crippen LogP contribution is 2.43. The summed E-state index contributed by atoms with van der Waals surface area (Å²) in [4.78, 5) is 0. The molecule has 0 amide bonds. The summed E-state index contributed by atoms with van der Waals surface area (Å²) >= 11 is 0. The summed E-state index contributed by atoms with van der Waals surface area (Å²) in [5.41, 5.74) is 7.55. The van der Waals surface area contributed by atoms with Gasteiger partial charge >= 0.3 is 0 Å². The van der Waals surface area contributed by atoms with Crippen LogP contribution in [0.3, 0.4) is 0 Å². The summed E-state index contributed by atoms with van der Waals surface area (Å²) in [6.45, 7) is 5.82. The van der Waals surface area contributed by atoms with Crippen LogP contribution in [0.15, 0.2) is 18.2 Å². The summed E-state index contributed by atoms with van der Waals surface area (Å²) in [6.07, 6.45) is 2.66. The maximum absolute atomic E-state index is 6.38. The molecule has 3 atom stereocenters. The van der Waals surface area contributed by atoms with Crippen molar-refractivity contribution in [3.05, 3.63) is 23.8 Å². The molecule has 1 saturated carbocycles. The van der Waals surface area contributed by atoms with Crippen LogP contribution in [0.5, 0.6) is 11.5 Å². The van der Waals surface area contributed by atoms with E-state index in [0.717, 1.165) is 29.6 Å². The van der Waals surface area contributed by atoms with Gasteiger partial charge in [-0.05, 0) is 42.4 Å². The average molecular weight is 261 g/mol. The van der Waals surface area contributed by atoms with Crippen LogP contribution < -0.4 is 15.2 Å². The molecule has 3 rings (SSSR count). The van der Waals surface area contributed by atoms with E-state index in [9.17, 15) is 0 Å². The van der Waals surface area contributed by atoms with Crippen molar-refractivity contribution in [3.8, 4) is 11.5 Å². The minimum absolute atomic E-state index is 0.0991. The summed E-state index contributed by atoms with van der Waals surface area (Å²) in [5, 5.41) is 0. The van der Waals surface area contributed by atoms with Crippen LogP contribution >= 0.6 is 0 Å². The molecule has 0 spiro atoms. The van der Waals surface area contributed by atoms with E-state index in [4.69, 9.17) is 15.2 Å². The molecule has 3 heteroatoms. The minimum Gasteiger partial charge on any atom is -0.489 e. The molecule has 1 aromatic carbocycles. The van der Waals surface area contributed by atoms with Crippen molar-refractivity contribution in [3.63, 3.8) is 0 Å². The van der Waals surface area contributed by atoms with E-state index in [1.807, 2.05) is 6.07 Å². The average Bonchev–Trinajstić information content (AvgIpc) is 3.25. The molecule has 3 unspecified atom stereocenters. The molecular weight excluding hydrogens is 238 g/mol. The van der Waals surface area contributed by atoms with Gasteiger partial charge in [-0.2, -0.15) is 0 Å². The van der Waals surface area contributed by atoms with Crippen molar-refractivity contribution in [2.24, 2.45) is 23.5 Å². The lowest BCUT2D eigenvalue weighted by molar-refractivity contribution is 0.228. The van der Waals surface area contributed by atoms with E-state index in [1.165, 1.54) is 12.8 Å². The summed E-state index contributed by atoms with van der Waals surface area (Å²) in [6, 6.07) is 6.25. The van der Waals surface area contributed by atoms with Gasteiger partial charge in [0.2, 0.25) is 0 Å². The number of nitrogens with two attached hydrogens (primary N) is 1. The number of ether oxygens (including phenoxy) is 2. The van der Waals surface area contributed by atoms with Crippen LogP contribution in [0.2, 0.25) is 0 Å². The molecule has 19 heavy (non-hydrogen) atoms. The Labute approximate surface area is 115 Å². The first-order valence-corrected chi connectivity index (χ1v) is 7.30. The van der Waals surface area contributed by atoms with Gasteiger partial charge in [-0.1, -0.05) is 19.9 Å². The lowest BCUT2D eigenvalue weighted by Crippen LogP contribution is -2.20. The Hall–Kier alpha value is -1.22. The lowest BCUT2D eigenvalue weighted by Gasteiger charge is -2.21. The third-order valence-electron chi connectivity index (χ3n) is 4.33. The van der Waals surface area contributed by atoms with Crippen molar-refractivity contribution >= 4 is 0 Å². The highest BCUT2D eigenvalue weighted by Gasteiger charge is 2.32. The van der Waals surface area contributed by atoms with E-state index < -0.39 is 0 Å². The second-order valence-corrected chi connectivity index (χ2v) is 6.16. The fraction of sp³-hybridized carbons (Fsp3) is 0.625. The van der Waals surface area contributed by atoms with Crippen molar-refractivity contribution < 1.29 is 9.47 Å². The van der Waals surface area contributed by atoms with Gasteiger partial charge in [-0.15, -0.1) is 0 Å². The number of hydrogen-bond donors (Lipinski definition) is 1. The Balaban J connectivity index is 1.80. The molecule has 1 aliphatic heterocycles. The molecule has 1 aromatic rings. The van der Waals surface area contributed by atoms with Gasteiger partial charge in [0.05, 0.1) is 13.2 Å². The Morgan fingerprint density at radius 3 is 2.53 bits per heavy atom. The second-order valence-electron chi connectivity index (χ2n) is 6.16. The van der Waals surface area contributed by atoms with E-state index >= 15 is 0 Å². The summed E-state index contributed by atoms with van der Waals surface area (Å²) in [5.74, 6) is 3.48. The fourth-order valence-electron chi connectivity index (χ4n) is 2.70. The van der Waals surface area contributed by atoms with Crippen molar-refractivity contribution in [2.45, 2.75) is 32.7 Å². The lowest BCUT2D eigenvalue weighted by atomic mass is 9.91. The monoisotopic (exact) mass is 261 g/mol. The third-order valence-corrected chi connectivity index (χ3v) is 4.33. The van der Waals surface area contributed by atoms with E-state index in [1.54, 1.807) is 0 Å². The fourth-order valence-corrected chi connectivity index (χ4v) is 2.70. The molecule has 1 aliphatic carbocycles. The minimum atomic E-state index is 0.0991. The van der Waals surface area contributed by atoms with Gasteiger partial charge in [-0.3, -0.25) is 0 Å². The predicted octanol–water partition coefficient (Wildman–Crippen LogP) is 3.14. The largest absolute Gasteiger partial charge is 0.489 e. The first-order chi connectivity index (χ1) is 9.15. The van der Waals surface area contributed by atoms with Gasteiger partial charge in [0.15, 0.2) is 11.5 Å². The maximum atomic E-state index is 6.38. The Kier molecular flexibility index (Phi) is 3.40. The smallest absolute Gasteiger partial charge is 0.161 e. The van der Waals surface area contributed by atoms with Crippen molar-refractivity contribution in [1.29, 1.82) is 0 Å². The maximum Gasteiger partial charge on any atom is 0.161 e. The topological polar surface area (TPSA) is 44.5 Å². The normalized spacial score (nSPS) is 25.5. The second kappa shape index (κ2) is 5.04. The van der Waals surface area contributed by atoms with E-state index in [0.29, 0.717) is 18.4 Å².